The van der Waals surface area contributed by atoms with Crippen LogP contribution in [-0.4, -0.2) is 25.5 Å². The van der Waals surface area contributed by atoms with Crippen LogP contribution < -0.4 is 15.0 Å². The molecule has 3 aromatic carbocycles. The molecular formula is C26H25FN2O3. The molecule has 4 rings (SSSR count). The van der Waals surface area contributed by atoms with Gasteiger partial charge in [0.25, 0.3) is 11.8 Å². The lowest BCUT2D eigenvalue weighted by Crippen LogP contribution is -2.35. The van der Waals surface area contributed by atoms with Crippen LogP contribution in [0.2, 0.25) is 0 Å². The summed E-state index contributed by atoms with van der Waals surface area (Å²) in [6.45, 7) is 2.52. The smallest absolute Gasteiger partial charge is 0.258 e. The Morgan fingerprint density at radius 3 is 2.38 bits per heavy atom. The van der Waals surface area contributed by atoms with Gasteiger partial charge in [-0.15, -0.1) is 0 Å². The van der Waals surface area contributed by atoms with E-state index in [0.29, 0.717) is 17.7 Å². The van der Waals surface area contributed by atoms with E-state index in [0.717, 1.165) is 35.4 Å². The number of amides is 2. The second-order valence-corrected chi connectivity index (χ2v) is 7.88. The summed E-state index contributed by atoms with van der Waals surface area (Å²) < 4.78 is 18.4. The van der Waals surface area contributed by atoms with Gasteiger partial charge in [-0.3, -0.25) is 9.59 Å². The molecule has 1 aliphatic rings. The van der Waals surface area contributed by atoms with Gasteiger partial charge in [0.15, 0.2) is 0 Å². The maximum Gasteiger partial charge on any atom is 0.258 e. The monoisotopic (exact) mass is 432 g/mol. The molecule has 0 saturated carbocycles. The SMILES string of the molecule is COc1ccc([C@H](C)NC(=O)c2ccc3c(c2)CCCN3C(=O)c2ccc(F)cc2)cc1. The zero-order chi connectivity index (χ0) is 22.7. The molecule has 0 aliphatic carbocycles. The van der Waals surface area contributed by atoms with Crippen molar-refractivity contribution in [2.45, 2.75) is 25.8 Å². The lowest BCUT2D eigenvalue weighted by atomic mass is 9.97. The molecule has 1 aliphatic heterocycles. The third-order valence-corrected chi connectivity index (χ3v) is 5.76. The highest BCUT2D eigenvalue weighted by atomic mass is 19.1. The van der Waals surface area contributed by atoms with Crippen molar-refractivity contribution >= 4 is 17.5 Å². The Morgan fingerprint density at radius 2 is 1.69 bits per heavy atom. The highest BCUT2D eigenvalue weighted by molar-refractivity contribution is 6.07. The third-order valence-electron chi connectivity index (χ3n) is 5.76. The average Bonchev–Trinajstić information content (AvgIpc) is 2.83. The van der Waals surface area contributed by atoms with E-state index in [1.54, 1.807) is 18.1 Å². The van der Waals surface area contributed by atoms with Gasteiger partial charge in [0.05, 0.1) is 13.2 Å². The van der Waals surface area contributed by atoms with E-state index in [1.165, 1.54) is 24.3 Å². The molecule has 1 heterocycles. The van der Waals surface area contributed by atoms with Gasteiger partial charge in [-0.2, -0.15) is 0 Å². The van der Waals surface area contributed by atoms with Gasteiger partial charge >= 0.3 is 0 Å². The van der Waals surface area contributed by atoms with Crippen LogP contribution >= 0.6 is 0 Å². The van der Waals surface area contributed by atoms with Crippen molar-refractivity contribution in [1.82, 2.24) is 5.32 Å². The number of methoxy groups -OCH3 is 1. The summed E-state index contributed by atoms with van der Waals surface area (Å²) >= 11 is 0. The molecule has 1 N–H and O–H groups in total. The number of aryl methyl sites for hydroxylation is 1. The van der Waals surface area contributed by atoms with E-state index in [9.17, 15) is 14.0 Å². The molecule has 32 heavy (non-hydrogen) atoms. The van der Waals surface area contributed by atoms with Crippen LogP contribution in [0.4, 0.5) is 10.1 Å². The number of halogens is 1. The normalized spacial score (nSPS) is 13.8. The Hall–Kier alpha value is -3.67. The first-order valence-electron chi connectivity index (χ1n) is 10.6. The van der Waals surface area contributed by atoms with E-state index in [2.05, 4.69) is 5.32 Å². The number of fused-ring (bicyclic) bond motifs is 1. The highest BCUT2D eigenvalue weighted by Gasteiger charge is 2.25. The number of benzene rings is 3. The molecular weight excluding hydrogens is 407 g/mol. The molecule has 0 spiro atoms. The summed E-state index contributed by atoms with van der Waals surface area (Å²) in [4.78, 5) is 27.5. The predicted octanol–water partition coefficient (Wildman–Crippen LogP) is 4.92. The fraction of sp³-hybridized carbons (Fsp3) is 0.231. The van der Waals surface area contributed by atoms with Crippen molar-refractivity contribution in [1.29, 1.82) is 0 Å². The molecule has 3 aromatic rings. The van der Waals surface area contributed by atoms with Crippen molar-refractivity contribution in [3.63, 3.8) is 0 Å². The molecule has 0 aromatic heterocycles. The van der Waals surface area contributed by atoms with Crippen molar-refractivity contribution in [2.24, 2.45) is 0 Å². The van der Waals surface area contributed by atoms with Gasteiger partial charge in [0.2, 0.25) is 0 Å². The lowest BCUT2D eigenvalue weighted by molar-refractivity contribution is 0.0939. The fourth-order valence-corrected chi connectivity index (χ4v) is 3.95. The van der Waals surface area contributed by atoms with E-state index in [4.69, 9.17) is 4.74 Å². The molecule has 2 amide bonds. The molecule has 0 unspecified atom stereocenters. The van der Waals surface area contributed by atoms with E-state index < -0.39 is 0 Å². The minimum atomic E-state index is -0.375. The summed E-state index contributed by atoms with van der Waals surface area (Å²) in [6.07, 6.45) is 1.59. The number of ether oxygens (including phenoxy) is 1. The van der Waals surface area contributed by atoms with Gasteiger partial charge in [0.1, 0.15) is 11.6 Å². The standard InChI is InChI=1S/C26H25FN2O3/c1-17(18-7-12-23(32-2)13-8-18)28-25(30)21-9-14-24-20(16-21)4-3-15-29(24)26(31)19-5-10-22(27)11-6-19/h5-14,16-17H,3-4,15H2,1-2H3,(H,28,30)/t17-/m0/s1. The van der Waals surface area contributed by atoms with Crippen molar-refractivity contribution in [3.8, 4) is 5.75 Å². The van der Waals surface area contributed by atoms with Gasteiger partial charge in [-0.1, -0.05) is 12.1 Å². The van der Waals surface area contributed by atoms with Crippen LogP contribution in [0.5, 0.6) is 5.75 Å². The Bertz CT molecular complexity index is 1130. The molecule has 6 heteroatoms. The zero-order valence-corrected chi connectivity index (χ0v) is 18.1. The maximum atomic E-state index is 13.2. The van der Waals surface area contributed by atoms with Gasteiger partial charge < -0.3 is 15.0 Å². The minimum absolute atomic E-state index is 0.166. The summed E-state index contributed by atoms with van der Waals surface area (Å²) in [6, 6.07) is 18.4. The van der Waals surface area contributed by atoms with Crippen LogP contribution in [0.25, 0.3) is 0 Å². The van der Waals surface area contributed by atoms with Crippen molar-refractivity contribution in [2.75, 3.05) is 18.6 Å². The Labute approximate surface area is 186 Å². The number of nitrogens with one attached hydrogen (secondary N) is 1. The Balaban J connectivity index is 1.50. The average molecular weight is 432 g/mol. The van der Waals surface area contributed by atoms with E-state index in [1.807, 2.05) is 43.3 Å². The van der Waals surface area contributed by atoms with Crippen LogP contribution in [0, 0.1) is 5.82 Å². The third kappa shape index (κ3) is 4.49. The molecule has 0 saturated heterocycles. The molecule has 5 nitrogen and oxygen atoms in total. The maximum absolute atomic E-state index is 13.2. The topological polar surface area (TPSA) is 58.6 Å². The second kappa shape index (κ2) is 9.22. The zero-order valence-electron chi connectivity index (χ0n) is 18.1. The largest absolute Gasteiger partial charge is 0.497 e. The number of anilines is 1. The highest BCUT2D eigenvalue weighted by Crippen LogP contribution is 2.30. The Kier molecular flexibility index (Phi) is 6.21. The predicted molar refractivity (Wildman–Crippen MR) is 122 cm³/mol. The molecule has 1 atom stereocenters. The first kappa shape index (κ1) is 21.6. The number of hydrogen-bond acceptors (Lipinski definition) is 3. The summed E-state index contributed by atoms with van der Waals surface area (Å²) in [5.41, 5.74) is 3.73. The minimum Gasteiger partial charge on any atom is -0.497 e. The summed E-state index contributed by atoms with van der Waals surface area (Å²) in [5.74, 6) is 0.0520. The van der Waals surface area contributed by atoms with Gasteiger partial charge in [-0.25, -0.2) is 4.39 Å². The fourth-order valence-electron chi connectivity index (χ4n) is 3.95. The molecule has 0 fully saturated rings. The molecule has 0 radical (unpaired) electrons. The second-order valence-electron chi connectivity index (χ2n) is 7.88. The van der Waals surface area contributed by atoms with Crippen LogP contribution in [0.3, 0.4) is 0 Å². The van der Waals surface area contributed by atoms with E-state index >= 15 is 0 Å². The number of hydrogen-bond donors (Lipinski definition) is 1. The summed E-state index contributed by atoms with van der Waals surface area (Å²) in [5, 5.41) is 3.03. The van der Waals surface area contributed by atoms with Crippen LogP contribution in [0.1, 0.15) is 51.2 Å². The van der Waals surface area contributed by atoms with Crippen molar-refractivity contribution in [3.05, 3.63) is 94.8 Å². The number of nitrogens with zero attached hydrogens (tertiary/aromatic N) is 1. The number of carbonyl (C=O) groups is 2. The lowest BCUT2D eigenvalue weighted by Gasteiger charge is -2.30. The first-order chi connectivity index (χ1) is 15.5. The van der Waals surface area contributed by atoms with Crippen molar-refractivity contribution < 1.29 is 18.7 Å². The van der Waals surface area contributed by atoms with Gasteiger partial charge in [0, 0.05) is 23.4 Å². The molecule has 0 bridgehead atoms. The van der Waals surface area contributed by atoms with Crippen LogP contribution in [0.15, 0.2) is 66.7 Å². The number of carbonyl (C=O) groups excluding carboxylic acids is 2. The Morgan fingerprint density at radius 1 is 1.00 bits per heavy atom. The van der Waals surface area contributed by atoms with Gasteiger partial charge in [-0.05, 0) is 85.5 Å². The quantitative estimate of drug-likeness (QED) is 0.623. The first-order valence-corrected chi connectivity index (χ1v) is 10.6. The molecule has 164 valence electrons. The summed E-state index contributed by atoms with van der Waals surface area (Å²) in [7, 11) is 1.62. The van der Waals surface area contributed by atoms with E-state index in [-0.39, 0.29) is 23.7 Å². The van der Waals surface area contributed by atoms with Crippen LogP contribution in [-0.2, 0) is 6.42 Å². The number of rotatable bonds is 5.